The maximum Gasteiger partial charge on any atom is 0.284 e. The van der Waals surface area contributed by atoms with Crippen molar-refractivity contribution in [3.05, 3.63) is 36.5 Å². The van der Waals surface area contributed by atoms with Crippen LogP contribution in [0.2, 0.25) is 13.7 Å². The maximum atomic E-state index is 14.3. The number of thiophene rings is 1. The Hall–Kier alpha value is -0.860. The summed E-state index contributed by atoms with van der Waals surface area (Å²) >= 11 is 19.6. The molecular weight excluding hydrogens is 424 g/mol. The highest BCUT2D eigenvalue weighted by molar-refractivity contribution is 7.20. The van der Waals surface area contributed by atoms with E-state index in [-0.39, 0.29) is 17.4 Å². The highest BCUT2D eigenvalue weighted by Gasteiger charge is 2.31. The third-order valence-electron chi connectivity index (χ3n) is 3.64. The number of hydroxylamine groups is 2. The summed E-state index contributed by atoms with van der Waals surface area (Å²) in [5.74, 6) is -1.32. The van der Waals surface area contributed by atoms with Crippen molar-refractivity contribution in [1.82, 2.24) is 14.8 Å². The number of halogens is 4. The maximum absolute atomic E-state index is 14.3. The Labute approximate surface area is 170 Å². The zero-order valence-electron chi connectivity index (χ0n) is 14.9. The zero-order chi connectivity index (χ0) is 19.8. The summed E-state index contributed by atoms with van der Waals surface area (Å²) in [4.78, 5) is 18.6. The molecule has 0 fully saturated rings. The molecule has 0 aliphatic rings. The van der Waals surface area contributed by atoms with Gasteiger partial charge in [0.1, 0.15) is 9.90 Å². The van der Waals surface area contributed by atoms with Crippen molar-refractivity contribution in [1.29, 1.82) is 0 Å². The van der Waals surface area contributed by atoms with Crippen molar-refractivity contribution >= 4 is 52.0 Å². The van der Waals surface area contributed by atoms with Gasteiger partial charge < -0.3 is 0 Å². The second-order valence-electron chi connectivity index (χ2n) is 6.16. The van der Waals surface area contributed by atoms with Crippen molar-refractivity contribution in [3.8, 4) is 0 Å². The molecule has 26 heavy (non-hydrogen) atoms. The fraction of sp³-hybridized carbons (Fsp3) is 0.500. The summed E-state index contributed by atoms with van der Waals surface area (Å²) in [5.41, 5.74) is 0.791. The van der Waals surface area contributed by atoms with Gasteiger partial charge in [0.05, 0.1) is 27.2 Å². The van der Waals surface area contributed by atoms with E-state index in [2.05, 4.69) is 5.10 Å². The first-order valence-corrected chi connectivity index (χ1v) is 9.81. The predicted molar refractivity (Wildman–Crippen MR) is 103 cm³/mol. The van der Waals surface area contributed by atoms with Gasteiger partial charge in [-0.2, -0.15) is 9.49 Å². The lowest BCUT2D eigenvalue weighted by molar-refractivity contribution is -0.172. The molecule has 144 valence electrons. The van der Waals surface area contributed by atoms with Gasteiger partial charge in [-0.15, -0.1) is 11.3 Å². The molecule has 1 unspecified atom stereocenters. The molecule has 5 nitrogen and oxygen atoms in total. The lowest BCUT2D eigenvalue weighted by Gasteiger charge is -2.30. The molecule has 0 aliphatic heterocycles. The van der Waals surface area contributed by atoms with Crippen molar-refractivity contribution in [2.75, 3.05) is 0 Å². The molecule has 2 aromatic heterocycles. The number of rotatable bonds is 6. The van der Waals surface area contributed by atoms with E-state index < -0.39 is 17.9 Å². The van der Waals surface area contributed by atoms with Gasteiger partial charge in [0, 0.05) is 12.6 Å². The summed E-state index contributed by atoms with van der Waals surface area (Å²) < 4.78 is 16.2. The van der Waals surface area contributed by atoms with Gasteiger partial charge in [-0.25, -0.2) is 9.75 Å². The lowest BCUT2D eigenvalue weighted by Crippen LogP contribution is -2.42. The Morgan fingerprint density at radius 3 is 2.35 bits per heavy atom. The molecule has 0 saturated heterocycles. The number of aromatic nitrogens is 2. The fourth-order valence-corrected chi connectivity index (χ4v) is 4.44. The zero-order valence-corrected chi connectivity index (χ0v) is 18.0. The largest absolute Gasteiger partial charge is 0.284 e. The van der Waals surface area contributed by atoms with E-state index >= 15 is 0 Å². The third-order valence-corrected chi connectivity index (χ3v) is 5.96. The quantitative estimate of drug-likeness (QED) is 0.570. The molecule has 0 bridgehead atoms. The van der Waals surface area contributed by atoms with Gasteiger partial charge in [0.2, 0.25) is 5.95 Å². The van der Waals surface area contributed by atoms with Crippen molar-refractivity contribution < 1.29 is 14.0 Å². The average molecular weight is 443 g/mol. The second kappa shape index (κ2) is 8.44. The minimum atomic E-state index is -0.716. The predicted octanol–water partition coefficient (Wildman–Crippen LogP) is 5.30. The number of hydrogen-bond donors (Lipinski definition) is 0. The number of carbonyl (C=O) groups excluding carboxylic acids is 1. The first-order valence-electron chi connectivity index (χ1n) is 7.86. The van der Waals surface area contributed by atoms with Crippen LogP contribution >= 0.6 is 46.1 Å². The van der Waals surface area contributed by atoms with Gasteiger partial charge in [0.15, 0.2) is 0 Å². The van der Waals surface area contributed by atoms with Gasteiger partial charge in [-0.3, -0.25) is 9.63 Å². The molecule has 10 heteroatoms. The van der Waals surface area contributed by atoms with Crippen LogP contribution in [0.5, 0.6) is 0 Å². The third kappa shape index (κ3) is 4.34. The highest BCUT2D eigenvalue weighted by atomic mass is 35.5. The van der Waals surface area contributed by atoms with Crippen LogP contribution < -0.4 is 0 Å². The molecular formula is C16H19Cl3FN3O2S. The van der Waals surface area contributed by atoms with Crippen molar-refractivity contribution in [2.45, 2.75) is 46.3 Å². The number of aryl methyl sites for hydroxylation is 2. The minimum absolute atomic E-state index is 0.124. The summed E-state index contributed by atoms with van der Waals surface area (Å²) in [5, 5.41) is 5.45. The topological polar surface area (TPSA) is 47.4 Å². The molecule has 0 radical (unpaired) electrons. The monoisotopic (exact) mass is 441 g/mol. The molecule has 0 aromatic carbocycles. The number of carbonyl (C=O) groups is 1. The molecule has 1 amide bonds. The first kappa shape index (κ1) is 21.4. The Morgan fingerprint density at radius 2 is 1.92 bits per heavy atom. The highest BCUT2D eigenvalue weighted by Crippen LogP contribution is 2.41. The van der Waals surface area contributed by atoms with Crippen LogP contribution in [0.15, 0.2) is 0 Å². The second-order valence-corrected chi connectivity index (χ2v) is 8.76. The molecule has 0 N–H and O–H groups in total. The van der Waals surface area contributed by atoms with E-state index in [0.29, 0.717) is 25.7 Å². The number of nitrogens with zero attached hydrogens (tertiary/aromatic N) is 3. The normalized spacial score (nSPS) is 12.7. The van der Waals surface area contributed by atoms with Gasteiger partial charge in [0.25, 0.3) is 5.91 Å². The van der Waals surface area contributed by atoms with Crippen LogP contribution in [-0.4, -0.2) is 32.9 Å². The first-order chi connectivity index (χ1) is 12.0. The summed E-state index contributed by atoms with van der Waals surface area (Å²) in [6.45, 7) is 6.89. The molecule has 2 aromatic rings. The van der Waals surface area contributed by atoms with E-state index in [1.165, 1.54) is 7.05 Å². The van der Waals surface area contributed by atoms with Gasteiger partial charge in [-0.05, 0) is 34.1 Å². The SMILES string of the molecule is Cc1nn(C)c(F)c1C(=O)N(OC(C)C)C(C)Cc1c(Cl)sc(Cl)c1Cl. The molecule has 2 heterocycles. The Morgan fingerprint density at radius 1 is 1.31 bits per heavy atom. The fourth-order valence-electron chi connectivity index (χ4n) is 2.50. The smallest absolute Gasteiger partial charge is 0.268 e. The van der Waals surface area contributed by atoms with E-state index in [4.69, 9.17) is 39.6 Å². The van der Waals surface area contributed by atoms with Crippen LogP contribution in [0, 0.1) is 12.9 Å². The molecule has 1 atom stereocenters. The van der Waals surface area contributed by atoms with E-state index in [1.807, 2.05) is 0 Å². The van der Waals surface area contributed by atoms with Gasteiger partial charge >= 0.3 is 0 Å². The van der Waals surface area contributed by atoms with E-state index in [1.54, 1.807) is 27.7 Å². The molecule has 0 saturated carbocycles. The van der Waals surface area contributed by atoms with Crippen LogP contribution in [0.3, 0.4) is 0 Å². The van der Waals surface area contributed by atoms with Crippen molar-refractivity contribution in [3.63, 3.8) is 0 Å². The Kier molecular flexibility index (Phi) is 6.96. The number of hydrogen-bond acceptors (Lipinski definition) is 4. The van der Waals surface area contributed by atoms with Gasteiger partial charge in [-0.1, -0.05) is 34.8 Å². The lowest BCUT2D eigenvalue weighted by atomic mass is 10.1. The average Bonchev–Trinajstić information content (AvgIpc) is 2.93. The summed E-state index contributed by atoms with van der Waals surface area (Å²) in [6.07, 6.45) is 0.0127. The van der Waals surface area contributed by atoms with Crippen molar-refractivity contribution in [2.24, 2.45) is 7.05 Å². The molecule has 2 rings (SSSR count). The van der Waals surface area contributed by atoms with E-state index in [0.717, 1.165) is 21.1 Å². The van der Waals surface area contributed by atoms with Crippen LogP contribution in [-0.2, 0) is 18.3 Å². The Bertz CT molecular complexity index is 822. The van der Waals surface area contributed by atoms with Crippen LogP contribution in [0.1, 0.15) is 42.4 Å². The number of amides is 1. The summed E-state index contributed by atoms with van der Waals surface area (Å²) in [6, 6.07) is -0.468. The minimum Gasteiger partial charge on any atom is -0.268 e. The molecule has 0 aliphatic carbocycles. The van der Waals surface area contributed by atoms with Crippen LogP contribution in [0.25, 0.3) is 0 Å². The van der Waals surface area contributed by atoms with E-state index in [9.17, 15) is 9.18 Å². The van der Waals surface area contributed by atoms with Crippen LogP contribution in [0.4, 0.5) is 4.39 Å². The standard InChI is InChI=1S/C16H19Cl3FN3O2S/c1-7(2)25-23(16(24)11-9(4)21-22(5)15(11)20)8(3)6-10-12(17)14(19)26-13(10)18/h7-8H,6H2,1-5H3. The molecule has 0 spiro atoms. The Balaban J connectivity index is 2.35. The summed E-state index contributed by atoms with van der Waals surface area (Å²) in [7, 11) is 1.43.